The Morgan fingerprint density at radius 3 is 2.57 bits per heavy atom. The lowest BCUT2D eigenvalue weighted by Crippen LogP contribution is -2.58. The normalized spacial score (nSPS) is 20.4. The van der Waals surface area contributed by atoms with Gasteiger partial charge in [-0.25, -0.2) is 0 Å². The molecule has 4 rings (SSSR count). The van der Waals surface area contributed by atoms with Crippen LogP contribution in [0.2, 0.25) is 5.02 Å². The number of nitrogens with zero attached hydrogens (tertiary/aromatic N) is 2. The molecule has 0 bridgehead atoms. The van der Waals surface area contributed by atoms with E-state index in [1.54, 1.807) is 36.3 Å². The van der Waals surface area contributed by atoms with Crippen LogP contribution < -0.4 is 9.47 Å². The SMILES string of the molecule is COc1ccccc1C(=O)N1CCOC(COc2ccc(Cl)c(C)c2)(CC(=O)N2CCCCC2)C1. The van der Waals surface area contributed by atoms with Crippen molar-refractivity contribution in [2.75, 3.05) is 46.5 Å². The summed E-state index contributed by atoms with van der Waals surface area (Å²) in [5.41, 5.74) is 0.431. The van der Waals surface area contributed by atoms with Gasteiger partial charge in [-0.3, -0.25) is 9.59 Å². The number of hydrogen-bond donors (Lipinski definition) is 0. The van der Waals surface area contributed by atoms with Crippen molar-refractivity contribution in [3.05, 3.63) is 58.6 Å². The molecule has 2 amide bonds. The first-order valence-corrected chi connectivity index (χ1v) is 12.5. The number of carbonyl (C=O) groups is 2. The quantitative estimate of drug-likeness (QED) is 0.565. The van der Waals surface area contributed by atoms with Gasteiger partial charge >= 0.3 is 0 Å². The molecule has 0 radical (unpaired) electrons. The van der Waals surface area contributed by atoms with Crippen molar-refractivity contribution in [1.82, 2.24) is 9.80 Å². The van der Waals surface area contributed by atoms with Crippen LogP contribution in [0.5, 0.6) is 11.5 Å². The van der Waals surface area contributed by atoms with Crippen LogP contribution in [-0.2, 0) is 9.53 Å². The summed E-state index contributed by atoms with van der Waals surface area (Å²) in [5.74, 6) is 1.05. The smallest absolute Gasteiger partial charge is 0.257 e. The van der Waals surface area contributed by atoms with Crippen molar-refractivity contribution in [1.29, 1.82) is 0 Å². The maximum Gasteiger partial charge on any atom is 0.257 e. The number of rotatable bonds is 7. The van der Waals surface area contributed by atoms with Gasteiger partial charge in [-0.05, 0) is 62.1 Å². The second-order valence-electron chi connectivity index (χ2n) is 9.28. The standard InChI is InChI=1S/C27H33ClN2O5/c1-20-16-21(10-11-23(20)28)34-19-27(17-25(31)29-12-6-3-7-13-29)18-30(14-15-35-27)26(32)22-8-4-5-9-24(22)33-2/h4-5,8-11,16H,3,6-7,12-15,17-19H2,1-2H3. The average Bonchev–Trinajstić information content (AvgIpc) is 2.89. The van der Waals surface area contributed by atoms with E-state index in [2.05, 4.69) is 0 Å². The summed E-state index contributed by atoms with van der Waals surface area (Å²) in [6, 6.07) is 12.6. The first-order chi connectivity index (χ1) is 16.9. The lowest BCUT2D eigenvalue weighted by molar-refractivity contribution is -0.153. The van der Waals surface area contributed by atoms with E-state index in [-0.39, 0.29) is 31.4 Å². The van der Waals surface area contributed by atoms with E-state index in [4.69, 9.17) is 25.8 Å². The van der Waals surface area contributed by atoms with E-state index in [0.29, 0.717) is 35.2 Å². The van der Waals surface area contributed by atoms with Crippen LogP contribution >= 0.6 is 11.6 Å². The van der Waals surface area contributed by atoms with E-state index >= 15 is 0 Å². The Hall–Kier alpha value is -2.77. The molecule has 8 heteroatoms. The number of benzene rings is 2. The first kappa shape index (κ1) is 25.3. The lowest BCUT2D eigenvalue weighted by atomic mass is 9.95. The number of amides is 2. The van der Waals surface area contributed by atoms with Crippen LogP contribution in [0.15, 0.2) is 42.5 Å². The van der Waals surface area contributed by atoms with E-state index in [1.165, 1.54) is 0 Å². The molecular formula is C27H33ClN2O5. The fraction of sp³-hybridized carbons (Fsp3) is 0.481. The van der Waals surface area contributed by atoms with Gasteiger partial charge in [-0.1, -0.05) is 23.7 Å². The maximum absolute atomic E-state index is 13.5. The maximum atomic E-state index is 13.5. The van der Waals surface area contributed by atoms with Crippen molar-refractivity contribution in [2.24, 2.45) is 0 Å². The third kappa shape index (κ3) is 6.08. The summed E-state index contributed by atoms with van der Waals surface area (Å²) in [7, 11) is 1.55. The monoisotopic (exact) mass is 500 g/mol. The summed E-state index contributed by atoms with van der Waals surface area (Å²) in [4.78, 5) is 30.4. The van der Waals surface area contributed by atoms with E-state index in [9.17, 15) is 9.59 Å². The van der Waals surface area contributed by atoms with Crippen molar-refractivity contribution in [3.63, 3.8) is 0 Å². The molecular weight excluding hydrogens is 468 g/mol. The molecule has 2 saturated heterocycles. The van der Waals surface area contributed by atoms with Crippen LogP contribution in [0.3, 0.4) is 0 Å². The van der Waals surface area contributed by atoms with Crippen LogP contribution in [0.4, 0.5) is 0 Å². The summed E-state index contributed by atoms with van der Waals surface area (Å²) in [5, 5.41) is 0.662. The van der Waals surface area contributed by atoms with Gasteiger partial charge in [0.05, 0.1) is 32.2 Å². The Morgan fingerprint density at radius 2 is 1.83 bits per heavy atom. The van der Waals surface area contributed by atoms with Gasteiger partial charge in [0.15, 0.2) is 0 Å². The summed E-state index contributed by atoms with van der Waals surface area (Å²) >= 11 is 6.16. The average molecular weight is 501 g/mol. The molecule has 0 saturated carbocycles. The molecule has 2 fully saturated rings. The number of hydrogen-bond acceptors (Lipinski definition) is 5. The molecule has 0 aromatic heterocycles. The minimum atomic E-state index is -0.960. The van der Waals surface area contributed by atoms with Gasteiger partial charge in [0, 0.05) is 24.7 Å². The number of halogens is 1. The van der Waals surface area contributed by atoms with Gasteiger partial charge in [-0.2, -0.15) is 0 Å². The minimum Gasteiger partial charge on any atom is -0.496 e. The van der Waals surface area contributed by atoms with Gasteiger partial charge in [0.25, 0.3) is 5.91 Å². The zero-order chi connectivity index (χ0) is 24.8. The predicted molar refractivity (Wildman–Crippen MR) is 134 cm³/mol. The molecule has 2 aromatic rings. The van der Waals surface area contributed by atoms with E-state index in [0.717, 1.165) is 37.9 Å². The highest BCUT2D eigenvalue weighted by Crippen LogP contribution is 2.29. The molecule has 2 aromatic carbocycles. The highest BCUT2D eigenvalue weighted by Gasteiger charge is 2.43. The molecule has 2 aliphatic heterocycles. The molecule has 0 spiro atoms. The number of piperidine rings is 1. The van der Waals surface area contributed by atoms with Crippen LogP contribution in [0.1, 0.15) is 41.6 Å². The predicted octanol–water partition coefficient (Wildman–Crippen LogP) is 4.35. The summed E-state index contributed by atoms with van der Waals surface area (Å²) in [6.45, 7) is 4.56. The van der Waals surface area contributed by atoms with Gasteiger partial charge in [-0.15, -0.1) is 0 Å². The number of morpholine rings is 1. The largest absolute Gasteiger partial charge is 0.496 e. The lowest BCUT2D eigenvalue weighted by Gasteiger charge is -2.43. The molecule has 1 atom stereocenters. The fourth-order valence-corrected chi connectivity index (χ4v) is 4.83. The molecule has 0 aliphatic carbocycles. The molecule has 7 nitrogen and oxygen atoms in total. The van der Waals surface area contributed by atoms with Crippen LogP contribution in [0.25, 0.3) is 0 Å². The Bertz CT molecular complexity index is 1060. The zero-order valence-electron chi connectivity index (χ0n) is 20.4. The minimum absolute atomic E-state index is 0.0344. The number of ether oxygens (including phenoxy) is 3. The molecule has 2 aliphatic rings. The second kappa shape index (κ2) is 11.3. The topological polar surface area (TPSA) is 68.3 Å². The van der Waals surface area contributed by atoms with Crippen molar-refractivity contribution in [3.8, 4) is 11.5 Å². The highest BCUT2D eigenvalue weighted by atomic mass is 35.5. The van der Waals surface area contributed by atoms with Crippen LogP contribution in [-0.4, -0.2) is 73.7 Å². The molecule has 35 heavy (non-hydrogen) atoms. The number of likely N-dealkylation sites (tertiary alicyclic amines) is 1. The number of aryl methyl sites for hydroxylation is 1. The molecule has 1 unspecified atom stereocenters. The number of para-hydroxylation sites is 1. The Morgan fingerprint density at radius 1 is 1.06 bits per heavy atom. The van der Waals surface area contributed by atoms with Gasteiger partial charge < -0.3 is 24.0 Å². The Balaban J connectivity index is 1.56. The highest BCUT2D eigenvalue weighted by molar-refractivity contribution is 6.31. The van der Waals surface area contributed by atoms with E-state index < -0.39 is 5.60 Å². The zero-order valence-corrected chi connectivity index (χ0v) is 21.2. The fourth-order valence-electron chi connectivity index (χ4n) is 4.71. The Labute approximate surface area is 211 Å². The third-order valence-corrected chi connectivity index (χ3v) is 7.11. The van der Waals surface area contributed by atoms with Crippen molar-refractivity contribution >= 4 is 23.4 Å². The molecule has 2 heterocycles. The Kier molecular flexibility index (Phi) is 8.19. The van der Waals surface area contributed by atoms with Crippen LogP contribution in [0, 0.1) is 6.92 Å². The van der Waals surface area contributed by atoms with Gasteiger partial charge in [0.1, 0.15) is 23.7 Å². The van der Waals surface area contributed by atoms with Crippen molar-refractivity contribution in [2.45, 2.75) is 38.2 Å². The number of carbonyl (C=O) groups excluding carboxylic acids is 2. The molecule has 0 N–H and O–H groups in total. The first-order valence-electron chi connectivity index (χ1n) is 12.1. The second-order valence-corrected chi connectivity index (χ2v) is 9.68. The van der Waals surface area contributed by atoms with E-state index in [1.807, 2.05) is 30.0 Å². The number of methoxy groups -OCH3 is 1. The van der Waals surface area contributed by atoms with Crippen molar-refractivity contribution < 1.29 is 23.8 Å². The summed E-state index contributed by atoms with van der Waals surface area (Å²) < 4.78 is 17.8. The third-order valence-electron chi connectivity index (χ3n) is 6.69. The molecule has 188 valence electrons. The summed E-state index contributed by atoms with van der Waals surface area (Å²) in [6.07, 6.45) is 3.32. The van der Waals surface area contributed by atoms with Gasteiger partial charge in [0.2, 0.25) is 5.91 Å².